The number of phosphoric ester groups is 1. The van der Waals surface area contributed by atoms with Crippen molar-refractivity contribution in [2.24, 2.45) is 11.7 Å². The largest absolute Gasteiger partial charge is 0.490 e. The van der Waals surface area contributed by atoms with Crippen molar-refractivity contribution in [3.63, 3.8) is 0 Å². The fraction of sp³-hybridized carbons (Fsp3) is 0.538. The van der Waals surface area contributed by atoms with Crippen LogP contribution in [0, 0.1) is 18.3 Å². The van der Waals surface area contributed by atoms with Crippen molar-refractivity contribution in [3.8, 4) is 12.3 Å². The molecular weight excluding hydrogens is 515 g/mol. The van der Waals surface area contributed by atoms with Gasteiger partial charge in [-0.2, -0.15) is 8.62 Å². The van der Waals surface area contributed by atoms with Crippen molar-refractivity contribution in [1.29, 1.82) is 0 Å². The van der Waals surface area contributed by atoms with Gasteiger partial charge in [-0.15, -0.1) is 6.42 Å². The number of aliphatic hydroxyl groups is 1. The summed E-state index contributed by atoms with van der Waals surface area (Å²) in [4.78, 5) is 61.6. The molecule has 0 radical (unpaired) electrons. The van der Waals surface area contributed by atoms with E-state index in [1.165, 1.54) is 0 Å². The van der Waals surface area contributed by atoms with E-state index < -0.39 is 71.2 Å². The quantitative estimate of drug-likeness (QED) is 0.134. The fourth-order valence-corrected chi connectivity index (χ4v) is 6.36. The number of rotatable bonds is 9. The molecule has 0 saturated carbocycles. The van der Waals surface area contributed by atoms with Gasteiger partial charge < -0.3 is 35.2 Å². The monoisotopic (exact) mass is 535 g/mol. The number of H-pyrrole nitrogens is 1. The van der Waals surface area contributed by atoms with Gasteiger partial charge in [-0.25, -0.2) is 18.5 Å². The van der Waals surface area contributed by atoms with Crippen LogP contribution in [0.2, 0.25) is 0 Å². The summed E-state index contributed by atoms with van der Waals surface area (Å²) in [6.07, 6.45) is 1.96. The lowest BCUT2D eigenvalue weighted by atomic mass is 9.82. The second-order valence-electron chi connectivity index (χ2n) is 6.74. The number of hydrogen-bond donors (Lipinski definition) is 7. The van der Waals surface area contributed by atoms with Gasteiger partial charge in [0.25, 0.3) is 5.56 Å². The van der Waals surface area contributed by atoms with Crippen LogP contribution in [0.5, 0.6) is 0 Å². The Labute approximate surface area is 184 Å². The standard InChI is InChI=1S/C13H20N3O14P3/c1-3-13(14)8(6-17)10(27-11(13)16-5-4-9(18)15-12(16)19)7(2)28-32(23,24)30-33(25,26)29-31(20,21)22/h1,4-5,7-8,10-11,17H,6,14H2,2H3,(H,23,24)(H,25,26)(H,15,18,19)(H2,20,21,22)/t7-,8?,10-,11-,13?/m1/s1. The first kappa shape index (κ1) is 27.8. The highest BCUT2D eigenvalue weighted by Gasteiger charge is 2.57. The lowest BCUT2D eigenvalue weighted by molar-refractivity contribution is -0.0682. The van der Waals surface area contributed by atoms with E-state index in [-0.39, 0.29) is 0 Å². The van der Waals surface area contributed by atoms with Crippen LogP contribution in [-0.2, 0) is 31.6 Å². The van der Waals surface area contributed by atoms with Gasteiger partial charge in [-0.3, -0.25) is 18.9 Å². The SMILES string of the molecule is C#CC1(N)C(CO)[C@@H]([C@@H](C)OP(=O)(O)OP(=O)(O)OP(=O)(O)O)O[C@H]1n1ccc(=O)[nH]c1=O. The van der Waals surface area contributed by atoms with Crippen LogP contribution in [0.3, 0.4) is 0 Å². The predicted octanol–water partition coefficient (Wildman–Crippen LogP) is -1.89. The van der Waals surface area contributed by atoms with Gasteiger partial charge in [-0.1, -0.05) is 5.92 Å². The van der Waals surface area contributed by atoms with Crippen molar-refractivity contribution in [2.45, 2.75) is 30.9 Å². The van der Waals surface area contributed by atoms with E-state index in [1.807, 2.05) is 4.98 Å². The van der Waals surface area contributed by atoms with E-state index in [2.05, 4.69) is 14.5 Å². The smallest absolute Gasteiger partial charge is 0.396 e. The molecule has 1 aromatic rings. The maximum atomic E-state index is 12.2. The normalized spacial score (nSPS) is 30.2. The van der Waals surface area contributed by atoms with Crippen LogP contribution in [0.15, 0.2) is 21.9 Å². The molecule has 0 spiro atoms. The Bertz CT molecular complexity index is 1190. The van der Waals surface area contributed by atoms with Gasteiger partial charge in [-0.05, 0) is 6.92 Å². The molecule has 8 N–H and O–H groups in total. The minimum Gasteiger partial charge on any atom is -0.396 e. The molecule has 1 aromatic heterocycles. The molecule has 4 unspecified atom stereocenters. The second kappa shape index (κ2) is 9.65. The Morgan fingerprint density at radius 3 is 2.36 bits per heavy atom. The first-order chi connectivity index (χ1) is 14.9. The number of nitrogens with one attached hydrogen (secondary N) is 1. The summed E-state index contributed by atoms with van der Waals surface area (Å²) in [5, 5.41) is 9.83. The summed E-state index contributed by atoms with van der Waals surface area (Å²) >= 11 is 0. The van der Waals surface area contributed by atoms with E-state index in [0.29, 0.717) is 0 Å². The van der Waals surface area contributed by atoms with Crippen LogP contribution in [0.25, 0.3) is 0 Å². The van der Waals surface area contributed by atoms with Crippen molar-refractivity contribution in [1.82, 2.24) is 9.55 Å². The Morgan fingerprint density at radius 1 is 1.27 bits per heavy atom. The third-order valence-electron chi connectivity index (χ3n) is 4.43. The van der Waals surface area contributed by atoms with Crippen molar-refractivity contribution < 1.29 is 56.3 Å². The van der Waals surface area contributed by atoms with Crippen LogP contribution in [0.4, 0.5) is 0 Å². The van der Waals surface area contributed by atoms with Gasteiger partial charge in [0.05, 0.1) is 18.8 Å². The highest BCUT2D eigenvalue weighted by Crippen LogP contribution is 2.66. The Balaban J connectivity index is 2.33. The Hall–Kier alpha value is -1.47. The van der Waals surface area contributed by atoms with E-state index >= 15 is 0 Å². The van der Waals surface area contributed by atoms with Gasteiger partial charge in [0.15, 0.2) is 6.23 Å². The summed E-state index contributed by atoms with van der Waals surface area (Å²) in [5.74, 6) is 0.919. The zero-order valence-corrected chi connectivity index (χ0v) is 19.2. The van der Waals surface area contributed by atoms with Crippen LogP contribution in [-0.4, -0.2) is 58.6 Å². The molecule has 20 heteroatoms. The fourth-order valence-electron chi connectivity index (χ4n) is 3.16. The third kappa shape index (κ3) is 6.56. The minimum absolute atomic E-state index is 0.742. The summed E-state index contributed by atoms with van der Waals surface area (Å²) in [6, 6.07) is 0.957. The number of hydrogen-bond acceptors (Lipinski definition) is 11. The molecule has 0 bridgehead atoms. The molecule has 2 heterocycles. The van der Waals surface area contributed by atoms with Crippen molar-refractivity contribution in [2.75, 3.05) is 6.61 Å². The number of aromatic nitrogens is 2. The number of ether oxygens (including phenoxy) is 1. The van der Waals surface area contributed by atoms with Crippen LogP contribution < -0.4 is 17.0 Å². The molecule has 7 atom stereocenters. The zero-order valence-electron chi connectivity index (χ0n) is 16.5. The van der Waals surface area contributed by atoms with E-state index in [4.69, 9.17) is 31.2 Å². The van der Waals surface area contributed by atoms with Gasteiger partial charge in [0, 0.05) is 18.2 Å². The number of nitrogens with zero attached hydrogens (tertiary/aromatic N) is 1. The van der Waals surface area contributed by atoms with E-state index in [0.717, 1.165) is 23.8 Å². The molecule has 1 aliphatic rings. The molecule has 1 saturated heterocycles. The predicted molar refractivity (Wildman–Crippen MR) is 106 cm³/mol. The Morgan fingerprint density at radius 2 is 1.88 bits per heavy atom. The third-order valence-corrected chi connectivity index (χ3v) is 8.36. The van der Waals surface area contributed by atoms with Crippen LogP contribution >= 0.6 is 23.5 Å². The summed E-state index contributed by atoms with van der Waals surface area (Å²) in [7, 11) is -16.9. The molecule has 0 aliphatic carbocycles. The molecule has 186 valence electrons. The number of phosphoric acid groups is 3. The van der Waals surface area contributed by atoms with Crippen LogP contribution in [0.1, 0.15) is 13.2 Å². The van der Waals surface area contributed by atoms with Gasteiger partial charge in [0.2, 0.25) is 0 Å². The molecule has 1 aliphatic heterocycles. The molecule has 17 nitrogen and oxygen atoms in total. The molecule has 33 heavy (non-hydrogen) atoms. The molecule has 2 rings (SSSR count). The first-order valence-electron chi connectivity index (χ1n) is 8.61. The zero-order chi connectivity index (χ0) is 25.4. The minimum atomic E-state index is -5.78. The Kier molecular flexibility index (Phi) is 8.12. The maximum absolute atomic E-state index is 12.2. The summed E-state index contributed by atoms with van der Waals surface area (Å²) in [6.45, 7) is 0.296. The molecule has 0 amide bonds. The summed E-state index contributed by atoms with van der Waals surface area (Å²) < 4.78 is 52.7. The van der Waals surface area contributed by atoms with Crippen molar-refractivity contribution >= 4 is 23.5 Å². The average molecular weight is 535 g/mol. The summed E-state index contributed by atoms with van der Waals surface area (Å²) in [5.41, 5.74) is 2.54. The molecule has 0 aromatic carbocycles. The number of aromatic amines is 1. The van der Waals surface area contributed by atoms with Gasteiger partial charge >= 0.3 is 29.2 Å². The molecular formula is C13H20N3O14P3. The second-order valence-corrected chi connectivity index (χ2v) is 11.1. The van der Waals surface area contributed by atoms with E-state index in [9.17, 15) is 38.2 Å². The lowest BCUT2D eigenvalue weighted by Crippen LogP contribution is -2.53. The number of nitrogens with two attached hydrogens (primary N) is 1. The van der Waals surface area contributed by atoms with Crippen molar-refractivity contribution in [3.05, 3.63) is 33.1 Å². The number of aliphatic hydroxyl groups excluding tert-OH is 1. The van der Waals surface area contributed by atoms with E-state index in [1.54, 1.807) is 0 Å². The highest BCUT2D eigenvalue weighted by molar-refractivity contribution is 7.66. The first-order valence-corrected chi connectivity index (χ1v) is 13.1. The molecule has 1 fully saturated rings. The number of terminal acetylenes is 1. The van der Waals surface area contributed by atoms with Gasteiger partial charge in [0.1, 0.15) is 5.54 Å². The lowest BCUT2D eigenvalue weighted by Gasteiger charge is -2.30. The maximum Gasteiger partial charge on any atom is 0.490 e. The highest BCUT2D eigenvalue weighted by atomic mass is 31.3. The average Bonchev–Trinajstić information content (AvgIpc) is 2.91. The topological polar surface area (TPSA) is 270 Å².